The zero-order chi connectivity index (χ0) is 23.3. The van der Waals surface area contributed by atoms with Gasteiger partial charge < -0.3 is 25.6 Å². The van der Waals surface area contributed by atoms with E-state index in [4.69, 9.17) is 5.11 Å². The number of hydrogen-bond acceptors (Lipinski definition) is 7. The highest BCUT2D eigenvalue weighted by Gasteiger charge is 2.18. The molecule has 1 fully saturated rings. The van der Waals surface area contributed by atoms with Gasteiger partial charge in [-0.2, -0.15) is 4.98 Å². The minimum absolute atomic E-state index is 0.155. The summed E-state index contributed by atoms with van der Waals surface area (Å²) in [5.41, 5.74) is 3.12. The van der Waals surface area contributed by atoms with E-state index in [0.29, 0.717) is 29.6 Å². The quantitative estimate of drug-likeness (QED) is 0.338. The number of aromatic amines is 1. The number of aliphatic hydroxyl groups is 1. The van der Waals surface area contributed by atoms with Crippen LogP contribution in [0.5, 0.6) is 0 Å². The van der Waals surface area contributed by atoms with E-state index in [0.717, 1.165) is 42.8 Å². The first-order chi connectivity index (χ1) is 16.7. The Morgan fingerprint density at radius 3 is 2.56 bits per heavy atom. The molecular formula is C25H27N7O2. The predicted molar refractivity (Wildman–Crippen MR) is 134 cm³/mol. The Morgan fingerprint density at radius 1 is 1.00 bits per heavy atom. The highest BCUT2D eigenvalue weighted by Crippen LogP contribution is 2.22. The molecule has 174 valence electrons. The Morgan fingerprint density at radius 2 is 1.76 bits per heavy atom. The normalized spacial score (nSPS) is 14.3. The monoisotopic (exact) mass is 457 g/mol. The van der Waals surface area contributed by atoms with Crippen molar-refractivity contribution in [2.45, 2.75) is 0 Å². The van der Waals surface area contributed by atoms with Gasteiger partial charge in [0.25, 0.3) is 5.91 Å². The van der Waals surface area contributed by atoms with E-state index in [2.05, 4.69) is 35.4 Å². The average molecular weight is 458 g/mol. The number of piperazine rings is 1. The van der Waals surface area contributed by atoms with Crippen molar-refractivity contribution in [2.24, 2.45) is 0 Å². The number of fused-ring (bicyclic) bond motifs is 1. The number of para-hydroxylation sites is 1. The Labute approximate surface area is 197 Å². The fourth-order valence-corrected chi connectivity index (χ4v) is 4.13. The SMILES string of the molecule is O=C(Nc1ccc(Nc2ccnc(N3CCN(CCO)CC3)n2)cc1)c1c[nH]c2ccccc12. The van der Waals surface area contributed by atoms with Crippen LogP contribution in [-0.2, 0) is 0 Å². The van der Waals surface area contributed by atoms with Crippen molar-refractivity contribution >= 4 is 40.0 Å². The lowest BCUT2D eigenvalue weighted by atomic mass is 10.1. The fourth-order valence-electron chi connectivity index (χ4n) is 4.13. The molecule has 4 N–H and O–H groups in total. The minimum Gasteiger partial charge on any atom is -0.395 e. The van der Waals surface area contributed by atoms with Crippen molar-refractivity contribution in [3.05, 3.63) is 72.6 Å². The van der Waals surface area contributed by atoms with Gasteiger partial charge in [0, 0.05) is 67.4 Å². The molecule has 9 heteroatoms. The van der Waals surface area contributed by atoms with Gasteiger partial charge in [-0.15, -0.1) is 0 Å². The minimum atomic E-state index is -0.155. The smallest absolute Gasteiger partial charge is 0.257 e. The number of benzene rings is 2. The summed E-state index contributed by atoms with van der Waals surface area (Å²) in [6.45, 7) is 4.30. The van der Waals surface area contributed by atoms with Crippen molar-refractivity contribution in [1.82, 2.24) is 19.9 Å². The highest BCUT2D eigenvalue weighted by molar-refractivity contribution is 6.12. The first kappa shape index (κ1) is 21.9. The number of aromatic nitrogens is 3. The number of nitrogens with one attached hydrogen (secondary N) is 3. The molecular weight excluding hydrogens is 430 g/mol. The molecule has 4 aromatic rings. The summed E-state index contributed by atoms with van der Waals surface area (Å²) < 4.78 is 0. The van der Waals surface area contributed by atoms with Crippen LogP contribution in [0.2, 0.25) is 0 Å². The first-order valence-corrected chi connectivity index (χ1v) is 11.4. The van der Waals surface area contributed by atoms with Crippen LogP contribution in [0.4, 0.5) is 23.1 Å². The Balaban J connectivity index is 1.21. The van der Waals surface area contributed by atoms with Gasteiger partial charge in [0.2, 0.25) is 5.95 Å². The maximum absolute atomic E-state index is 12.7. The van der Waals surface area contributed by atoms with Gasteiger partial charge in [-0.3, -0.25) is 9.69 Å². The van der Waals surface area contributed by atoms with Crippen LogP contribution in [0.3, 0.4) is 0 Å². The molecule has 0 aliphatic carbocycles. The van der Waals surface area contributed by atoms with E-state index in [-0.39, 0.29) is 12.5 Å². The molecule has 9 nitrogen and oxygen atoms in total. The van der Waals surface area contributed by atoms with Gasteiger partial charge in [-0.1, -0.05) is 18.2 Å². The third kappa shape index (κ3) is 4.85. The van der Waals surface area contributed by atoms with E-state index in [1.54, 1.807) is 12.4 Å². The summed E-state index contributed by atoms with van der Waals surface area (Å²) in [5.74, 6) is 1.24. The lowest BCUT2D eigenvalue weighted by molar-refractivity contribution is 0.102. The largest absolute Gasteiger partial charge is 0.395 e. The Kier molecular flexibility index (Phi) is 6.37. The number of nitrogens with zero attached hydrogens (tertiary/aromatic N) is 4. The van der Waals surface area contributed by atoms with Gasteiger partial charge in [0.15, 0.2) is 0 Å². The molecule has 1 aliphatic rings. The van der Waals surface area contributed by atoms with Crippen LogP contribution in [0.15, 0.2) is 67.0 Å². The second kappa shape index (κ2) is 9.90. The van der Waals surface area contributed by atoms with Crippen molar-refractivity contribution < 1.29 is 9.90 Å². The highest BCUT2D eigenvalue weighted by atomic mass is 16.3. The standard InChI is InChI=1S/C25H27N7O2/c33-16-15-31-11-13-32(14-12-31)25-26-10-9-23(30-25)28-18-5-7-19(8-6-18)29-24(34)21-17-27-22-4-2-1-3-20(21)22/h1-10,17,27,33H,11-16H2,(H,29,34)(H,26,28,30). The molecule has 0 bridgehead atoms. The van der Waals surface area contributed by atoms with Gasteiger partial charge in [0.1, 0.15) is 5.82 Å². The number of hydrogen-bond donors (Lipinski definition) is 4. The number of anilines is 4. The average Bonchev–Trinajstić information content (AvgIpc) is 3.31. The molecule has 0 radical (unpaired) electrons. The van der Waals surface area contributed by atoms with Crippen LogP contribution >= 0.6 is 0 Å². The van der Waals surface area contributed by atoms with E-state index in [1.807, 2.05) is 54.6 Å². The lowest BCUT2D eigenvalue weighted by Gasteiger charge is -2.34. The summed E-state index contributed by atoms with van der Waals surface area (Å²) in [4.78, 5) is 29.3. The van der Waals surface area contributed by atoms with Crippen molar-refractivity contribution in [3.8, 4) is 0 Å². The molecule has 0 unspecified atom stereocenters. The molecule has 1 aliphatic heterocycles. The van der Waals surface area contributed by atoms with Crippen LogP contribution in [-0.4, -0.2) is 70.2 Å². The van der Waals surface area contributed by atoms with Crippen LogP contribution < -0.4 is 15.5 Å². The molecule has 0 atom stereocenters. The zero-order valence-electron chi connectivity index (χ0n) is 18.7. The first-order valence-electron chi connectivity index (χ1n) is 11.4. The van der Waals surface area contributed by atoms with Gasteiger partial charge in [-0.25, -0.2) is 4.98 Å². The van der Waals surface area contributed by atoms with Crippen LogP contribution in [0, 0.1) is 0 Å². The topological polar surface area (TPSA) is 109 Å². The van der Waals surface area contributed by atoms with Gasteiger partial charge in [-0.05, 0) is 36.4 Å². The van der Waals surface area contributed by atoms with Crippen molar-refractivity contribution in [2.75, 3.05) is 54.9 Å². The molecule has 5 rings (SSSR count). The number of H-pyrrole nitrogens is 1. The van der Waals surface area contributed by atoms with E-state index >= 15 is 0 Å². The summed E-state index contributed by atoms with van der Waals surface area (Å²) in [6.07, 6.45) is 3.48. The third-order valence-corrected chi connectivity index (χ3v) is 5.96. The molecule has 2 aromatic carbocycles. The molecule has 0 spiro atoms. The molecule has 1 saturated heterocycles. The Hall–Kier alpha value is -3.95. The van der Waals surface area contributed by atoms with E-state index < -0.39 is 0 Å². The summed E-state index contributed by atoms with van der Waals surface area (Å²) in [6, 6.07) is 17.1. The lowest BCUT2D eigenvalue weighted by Crippen LogP contribution is -2.47. The predicted octanol–water partition coefficient (Wildman–Crippen LogP) is 3.07. The zero-order valence-corrected chi connectivity index (χ0v) is 18.7. The second-order valence-corrected chi connectivity index (χ2v) is 8.20. The van der Waals surface area contributed by atoms with Gasteiger partial charge in [0.05, 0.1) is 12.2 Å². The number of carbonyl (C=O) groups is 1. The Bertz CT molecular complexity index is 1260. The maximum atomic E-state index is 12.7. The molecule has 0 saturated carbocycles. The van der Waals surface area contributed by atoms with Gasteiger partial charge >= 0.3 is 0 Å². The summed E-state index contributed by atoms with van der Waals surface area (Å²) >= 11 is 0. The van der Waals surface area contributed by atoms with E-state index in [1.165, 1.54) is 0 Å². The molecule has 34 heavy (non-hydrogen) atoms. The molecule has 1 amide bonds. The van der Waals surface area contributed by atoms with Crippen molar-refractivity contribution in [3.63, 3.8) is 0 Å². The second-order valence-electron chi connectivity index (χ2n) is 8.20. The molecule has 3 heterocycles. The van der Waals surface area contributed by atoms with E-state index in [9.17, 15) is 4.79 Å². The number of β-amino-alcohol motifs (C(OH)–C–C–N with tert-alkyl or cyclic N) is 1. The van der Waals surface area contributed by atoms with Crippen LogP contribution in [0.25, 0.3) is 10.9 Å². The summed E-state index contributed by atoms with van der Waals surface area (Å²) in [7, 11) is 0. The number of amides is 1. The van der Waals surface area contributed by atoms with Crippen LogP contribution in [0.1, 0.15) is 10.4 Å². The summed E-state index contributed by atoms with van der Waals surface area (Å²) in [5, 5.41) is 16.3. The molecule has 2 aromatic heterocycles. The third-order valence-electron chi connectivity index (χ3n) is 5.96. The number of aliphatic hydroxyl groups excluding tert-OH is 1. The van der Waals surface area contributed by atoms with Crippen molar-refractivity contribution in [1.29, 1.82) is 0 Å². The maximum Gasteiger partial charge on any atom is 0.257 e. The number of carbonyl (C=O) groups excluding carboxylic acids is 1. The number of rotatable bonds is 7. The fraction of sp³-hybridized carbons (Fsp3) is 0.240.